The molecule has 0 heterocycles. The van der Waals surface area contributed by atoms with Crippen LogP contribution >= 0.6 is 0 Å². The number of ether oxygens (including phenoxy) is 1. The first-order valence-electron chi connectivity index (χ1n) is 4.65. The Morgan fingerprint density at radius 1 is 1.58 bits per heavy atom. The Morgan fingerprint density at radius 3 is 2.83 bits per heavy atom. The van der Waals surface area contributed by atoms with E-state index < -0.39 is 0 Å². The molecular formula is C10H21NO. The molecule has 12 heavy (non-hydrogen) atoms. The van der Waals surface area contributed by atoms with Gasteiger partial charge in [0, 0.05) is 20.3 Å². The molecule has 2 heteroatoms. The zero-order chi connectivity index (χ0) is 9.23. The Balaban J connectivity index is 3.32. The summed E-state index contributed by atoms with van der Waals surface area (Å²) < 4.78 is 5.03. The van der Waals surface area contributed by atoms with Crippen LogP contribution in [0.15, 0.2) is 12.7 Å². The Hall–Kier alpha value is -0.340. The van der Waals surface area contributed by atoms with Crippen molar-refractivity contribution in [2.24, 2.45) is 5.92 Å². The van der Waals surface area contributed by atoms with Crippen molar-refractivity contribution < 1.29 is 4.74 Å². The number of nitrogens with one attached hydrogen (secondary N) is 1. The van der Waals surface area contributed by atoms with E-state index in [2.05, 4.69) is 18.8 Å². The molecule has 0 aromatic heterocycles. The van der Waals surface area contributed by atoms with Gasteiger partial charge < -0.3 is 10.1 Å². The van der Waals surface area contributed by atoms with E-state index in [-0.39, 0.29) is 0 Å². The third-order valence-electron chi connectivity index (χ3n) is 2.03. The Bertz CT molecular complexity index is 104. The standard InChI is InChI=1S/C10H21NO/c1-4-7-11-9-10(5-2)6-8-12-3/h4,10-11H,1,5-9H2,2-3H3/t10-/m0/s1. The van der Waals surface area contributed by atoms with Gasteiger partial charge in [-0.1, -0.05) is 19.4 Å². The monoisotopic (exact) mass is 171 g/mol. The molecule has 0 aromatic carbocycles. The summed E-state index contributed by atoms with van der Waals surface area (Å²) in [7, 11) is 1.75. The van der Waals surface area contributed by atoms with Gasteiger partial charge in [0.15, 0.2) is 0 Å². The molecule has 0 aromatic rings. The molecule has 0 amide bonds. The van der Waals surface area contributed by atoms with Crippen molar-refractivity contribution in [2.75, 3.05) is 26.8 Å². The predicted octanol–water partition coefficient (Wildman–Crippen LogP) is 1.82. The largest absolute Gasteiger partial charge is 0.385 e. The predicted molar refractivity (Wildman–Crippen MR) is 53.3 cm³/mol. The number of hydrogen-bond donors (Lipinski definition) is 1. The lowest BCUT2D eigenvalue weighted by Crippen LogP contribution is -2.23. The highest BCUT2D eigenvalue weighted by atomic mass is 16.5. The van der Waals surface area contributed by atoms with Crippen molar-refractivity contribution in [3.8, 4) is 0 Å². The molecule has 0 radical (unpaired) electrons. The van der Waals surface area contributed by atoms with Gasteiger partial charge in [-0.25, -0.2) is 0 Å². The van der Waals surface area contributed by atoms with E-state index in [1.807, 2.05) is 6.08 Å². The molecule has 0 aliphatic rings. The molecule has 0 unspecified atom stereocenters. The average Bonchev–Trinajstić information content (AvgIpc) is 2.11. The summed E-state index contributed by atoms with van der Waals surface area (Å²) in [5.74, 6) is 0.741. The fourth-order valence-corrected chi connectivity index (χ4v) is 1.12. The van der Waals surface area contributed by atoms with E-state index in [4.69, 9.17) is 4.74 Å². The number of methoxy groups -OCH3 is 1. The second-order valence-corrected chi connectivity index (χ2v) is 3.00. The third kappa shape index (κ3) is 6.38. The van der Waals surface area contributed by atoms with E-state index in [0.29, 0.717) is 0 Å². The van der Waals surface area contributed by atoms with Crippen LogP contribution in [0.2, 0.25) is 0 Å². The summed E-state index contributed by atoms with van der Waals surface area (Å²) in [6.45, 7) is 8.73. The van der Waals surface area contributed by atoms with Gasteiger partial charge in [0.25, 0.3) is 0 Å². The van der Waals surface area contributed by atoms with Crippen molar-refractivity contribution in [1.82, 2.24) is 5.32 Å². The quantitative estimate of drug-likeness (QED) is 0.444. The van der Waals surface area contributed by atoms with Gasteiger partial charge in [-0.3, -0.25) is 0 Å². The summed E-state index contributed by atoms with van der Waals surface area (Å²) >= 11 is 0. The first kappa shape index (κ1) is 11.7. The normalized spacial score (nSPS) is 12.8. The van der Waals surface area contributed by atoms with Gasteiger partial charge in [-0.2, -0.15) is 0 Å². The van der Waals surface area contributed by atoms with Crippen molar-refractivity contribution in [3.63, 3.8) is 0 Å². The molecule has 2 nitrogen and oxygen atoms in total. The van der Waals surface area contributed by atoms with Crippen LogP contribution in [0.25, 0.3) is 0 Å². The van der Waals surface area contributed by atoms with Crippen LogP contribution in [0.3, 0.4) is 0 Å². The molecule has 0 aliphatic carbocycles. The van der Waals surface area contributed by atoms with Gasteiger partial charge in [-0.15, -0.1) is 6.58 Å². The zero-order valence-corrected chi connectivity index (χ0v) is 8.31. The fourth-order valence-electron chi connectivity index (χ4n) is 1.12. The van der Waals surface area contributed by atoms with E-state index >= 15 is 0 Å². The van der Waals surface area contributed by atoms with Crippen LogP contribution < -0.4 is 5.32 Å². The highest BCUT2D eigenvalue weighted by Gasteiger charge is 2.03. The molecule has 0 rings (SSSR count). The van der Waals surface area contributed by atoms with Crippen LogP contribution in [0.1, 0.15) is 19.8 Å². The Labute approximate surface area is 76.0 Å². The van der Waals surface area contributed by atoms with Crippen LogP contribution in [-0.4, -0.2) is 26.8 Å². The summed E-state index contributed by atoms with van der Waals surface area (Å²) in [5.41, 5.74) is 0. The fraction of sp³-hybridized carbons (Fsp3) is 0.800. The minimum absolute atomic E-state index is 0.741. The summed E-state index contributed by atoms with van der Waals surface area (Å²) in [6, 6.07) is 0. The van der Waals surface area contributed by atoms with Crippen molar-refractivity contribution >= 4 is 0 Å². The minimum Gasteiger partial charge on any atom is -0.385 e. The van der Waals surface area contributed by atoms with Crippen LogP contribution in [0.5, 0.6) is 0 Å². The summed E-state index contributed by atoms with van der Waals surface area (Å²) in [6.07, 6.45) is 4.26. The SMILES string of the molecule is C=CCNC[C@@H](CC)CCOC. The van der Waals surface area contributed by atoms with Crippen molar-refractivity contribution in [1.29, 1.82) is 0 Å². The number of rotatable bonds is 8. The van der Waals surface area contributed by atoms with Gasteiger partial charge in [0.05, 0.1) is 0 Å². The average molecular weight is 171 g/mol. The van der Waals surface area contributed by atoms with Crippen molar-refractivity contribution in [3.05, 3.63) is 12.7 Å². The summed E-state index contributed by atoms with van der Waals surface area (Å²) in [5, 5.41) is 3.32. The van der Waals surface area contributed by atoms with Gasteiger partial charge in [0.1, 0.15) is 0 Å². The highest BCUT2D eigenvalue weighted by Crippen LogP contribution is 2.06. The molecule has 0 spiro atoms. The second-order valence-electron chi connectivity index (χ2n) is 3.00. The third-order valence-corrected chi connectivity index (χ3v) is 2.03. The second kappa shape index (κ2) is 8.75. The molecule has 0 bridgehead atoms. The molecular weight excluding hydrogens is 150 g/mol. The lowest BCUT2D eigenvalue weighted by molar-refractivity contribution is 0.175. The maximum absolute atomic E-state index is 5.03. The molecule has 0 saturated heterocycles. The lowest BCUT2D eigenvalue weighted by atomic mass is 10.0. The van der Waals surface area contributed by atoms with E-state index in [1.54, 1.807) is 7.11 Å². The van der Waals surface area contributed by atoms with E-state index in [9.17, 15) is 0 Å². The minimum atomic E-state index is 0.741. The lowest BCUT2D eigenvalue weighted by Gasteiger charge is -2.13. The van der Waals surface area contributed by atoms with Gasteiger partial charge >= 0.3 is 0 Å². The van der Waals surface area contributed by atoms with Crippen LogP contribution in [0.4, 0.5) is 0 Å². The van der Waals surface area contributed by atoms with Crippen LogP contribution in [0, 0.1) is 5.92 Å². The maximum atomic E-state index is 5.03. The molecule has 0 aliphatic heterocycles. The van der Waals surface area contributed by atoms with E-state index in [0.717, 1.165) is 32.0 Å². The first-order valence-corrected chi connectivity index (χ1v) is 4.65. The molecule has 0 fully saturated rings. The van der Waals surface area contributed by atoms with Gasteiger partial charge in [0.2, 0.25) is 0 Å². The van der Waals surface area contributed by atoms with Crippen LogP contribution in [-0.2, 0) is 4.74 Å². The Kier molecular flexibility index (Phi) is 8.51. The van der Waals surface area contributed by atoms with E-state index in [1.165, 1.54) is 6.42 Å². The van der Waals surface area contributed by atoms with Crippen molar-refractivity contribution in [2.45, 2.75) is 19.8 Å². The topological polar surface area (TPSA) is 21.3 Å². The summed E-state index contributed by atoms with van der Waals surface area (Å²) in [4.78, 5) is 0. The smallest absolute Gasteiger partial charge is 0.0465 e. The maximum Gasteiger partial charge on any atom is 0.0465 e. The van der Waals surface area contributed by atoms with Gasteiger partial charge in [-0.05, 0) is 18.9 Å². The molecule has 72 valence electrons. The molecule has 0 saturated carbocycles. The molecule has 1 N–H and O–H groups in total. The Morgan fingerprint density at radius 2 is 2.33 bits per heavy atom. The molecule has 1 atom stereocenters. The first-order chi connectivity index (χ1) is 5.85. The highest BCUT2D eigenvalue weighted by molar-refractivity contribution is 4.71. The zero-order valence-electron chi connectivity index (χ0n) is 8.31. The number of hydrogen-bond acceptors (Lipinski definition) is 2.